The number of hydrogen-bond donors (Lipinski definition) is 1. The van der Waals surface area contributed by atoms with E-state index in [4.69, 9.17) is 4.74 Å². The van der Waals surface area contributed by atoms with E-state index in [9.17, 15) is 4.79 Å². The molecule has 0 bridgehead atoms. The van der Waals surface area contributed by atoms with E-state index in [-0.39, 0.29) is 11.3 Å². The molecule has 2 aliphatic rings. The second kappa shape index (κ2) is 6.96. The van der Waals surface area contributed by atoms with Crippen molar-refractivity contribution in [3.63, 3.8) is 0 Å². The molecule has 0 atom stereocenters. The van der Waals surface area contributed by atoms with Gasteiger partial charge in [-0.25, -0.2) is 0 Å². The number of aromatic nitrogens is 1. The first-order valence-electron chi connectivity index (χ1n) is 9.13. The highest BCUT2D eigenvalue weighted by Crippen LogP contribution is 2.36. The van der Waals surface area contributed by atoms with Gasteiger partial charge in [0.2, 0.25) is 5.91 Å². The van der Waals surface area contributed by atoms with Crippen LogP contribution in [0.3, 0.4) is 0 Å². The van der Waals surface area contributed by atoms with Crippen LogP contribution in [-0.2, 0) is 16.0 Å². The molecule has 4 rings (SSSR count). The van der Waals surface area contributed by atoms with E-state index in [0.717, 1.165) is 37.7 Å². The molecule has 4 nitrogen and oxygen atoms in total. The molecule has 2 aromatic rings. The Labute approximate surface area is 148 Å². The van der Waals surface area contributed by atoms with Gasteiger partial charge in [-0.3, -0.25) is 9.78 Å². The fourth-order valence-electron chi connectivity index (χ4n) is 3.61. The molecule has 130 valence electrons. The summed E-state index contributed by atoms with van der Waals surface area (Å²) in [5.74, 6) is 0.215. The average Bonchev–Trinajstić information content (AvgIpc) is 3.47. The smallest absolute Gasteiger partial charge is 0.226 e. The molecule has 2 heterocycles. The van der Waals surface area contributed by atoms with Gasteiger partial charge < -0.3 is 10.1 Å². The van der Waals surface area contributed by atoms with Gasteiger partial charge in [0, 0.05) is 31.6 Å². The van der Waals surface area contributed by atoms with Crippen molar-refractivity contribution >= 4 is 5.91 Å². The summed E-state index contributed by atoms with van der Waals surface area (Å²) in [7, 11) is 0. The minimum Gasteiger partial charge on any atom is -0.381 e. The number of hydrogen-bond acceptors (Lipinski definition) is 3. The topological polar surface area (TPSA) is 51.2 Å². The molecule has 25 heavy (non-hydrogen) atoms. The number of ether oxygens (including phenoxy) is 1. The molecule has 1 saturated carbocycles. The van der Waals surface area contributed by atoms with Gasteiger partial charge in [-0.1, -0.05) is 24.3 Å². The Morgan fingerprint density at radius 2 is 1.88 bits per heavy atom. The number of carbonyl (C=O) groups is 1. The third-order valence-electron chi connectivity index (χ3n) is 5.33. The Hall–Kier alpha value is -2.20. The molecular weight excluding hydrogens is 312 g/mol. The van der Waals surface area contributed by atoms with Crippen LogP contribution in [0.25, 0.3) is 11.1 Å². The van der Waals surface area contributed by atoms with Gasteiger partial charge in [-0.2, -0.15) is 0 Å². The molecule has 0 spiro atoms. The van der Waals surface area contributed by atoms with E-state index < -0.39 is 0 Å². The molecular formula is C21H24N2O2. The number of pyridine rings is 1. The van der Waals surface area contributed by atoms with Crippen LogP contribution in [0.1, 0.15) is 31.2 Å². The molecule has 1 aromatic carbocycles. The average molecular weight is 336 g/mol. The highest BCUT2D eigenvalue weighted by Gasteiger charge is 2.42. The monoisotopic (exact) mass is 336 g/mol. The summed E-state index contributed by atoms with van der Waals surface area (Å²) in [6, 6.07) is 13.0. The van der Waals surface area contributed by atoms with Gasteiger partial charge in [-0.05, 0) is 60.9 Å². The zero-order valence-corrected chi connectivity index (χ0v) is 14.4. The van der Waals surface area contributed by atoms with Crippen molar-refractivity contribution < 1.29 is 9.53 Å². The van der Waals surface area contributed by atoms with Crippen LogP contribution >= 0.6 is 0 Å². The molecule has 1 aliphatic carbocycles. The van der Waals surface area contributed by atoms with Gasteiger partial charge in [0.05, 0.1) is 5.41 Å². The summed E-state index contributed by atoms with van der Waals surface area (Å²) in [6.07, 6.45) is 8.23. The fraction of sp³-hybridized carbons (Fsp3) is 0.429. The molecule has 1 saturated heterocycles. The van der Waals surface area contributed by atoms with E-state index >= 15 is 0 Å². The largest absolute Gasteiger partial charge is 0.381 e. The lowest BCUT2D eigenvalue weighted by molar-refractivity contribution is -0.136. The molecule has 1 aliphatic heterocycles. The molecule has 1 N–H and O–H groups in total. The second-order valence-electron chi connectivity index (χ2n) is 7.25. The van der Waals surface area contributed by atoms with E-state index in [1.54, 1.807) is 0 Å². The van der Waals surface area contributed by atoms with Crippen LogP contribution in [0, 0.1) is 5.41 Å². The van der Waals surface area contributed by atoms with E-state index in [1.165, 1.54) is 11.1 Å². The zero-order chi connectivity index (χ0) is 17.1. The third kappa shape index (κ3) is 3.74. The summed E-state index contributed by atoms with van der Waals surface area (Å²) in [5, 5.41) is 3.23. The first-order chi connectivity index (χ1) is 12.3. The number of benzene rings is 1. The van der Waals surface area contributed by atoms with Crippen LogP contribution in [-0.4, -0.2) is 30.1 Å². The maximum atomic E-state index is 13.0. The van der Waals surface area contributed by atoms with Crippen LogP contribution in [0.4, 0.5) is 0 Å². The minimum absolute atomic E-state index is 0.215. The Morgan fingerprint density at radius 1 is 1.12 bits per heavy atom. The number of rotatable bonds is 5. The standard InChI is InChI=1S/C21H24N2O2/c24-20(23-19-4-5-19)21(8-12-25-13-9-21)15-16-2-1-3-18(14-16)17-6-10-22-11-7-17/h1-3,6-7,10-11,14,19H,4-5,8-9,12-13,15H2,(H,23,24). The van der Waals surface area contributed by atoms with Crippen LogP contribution in [0.2, 0.25) is 0 Å². The van der Waals surface area contributed by atoms with Gasteiger partial charge in [-0.15, -0.1) is 0 Å². The first kappa shape index (κ1) is 16.3. The van der Waals surface area contributed by atoms with Crippen LogP contribution < -0.4 is 5.32 Å². The van der Waals surface area contributed by atoms with Crippen molar-refractivity contribution in [3.05, 3.63) is 54.4 Å². The number of nitrogens with one attached hydrogen (secondary N) is 1. The fourth-order valence-corrected chi connectivity index (χ4v) is 3.61. The first-order valence-corrected chi connectivity index (χ1v) is 9.13. The van der Waals surface area contributed by atoms with Gasteiger partial charge in [0.1, 0.15) is 0 Å². The highest BCUT2D eigenvalue weighted by atomic mass is 16.5. The zero-order valence-electron chi connectivity index (χ0n) is 14.4. The third-order valence-corrected chi connectivity index (χ3v) is 5.33. The Bertz CT molecular complexity index is 735. The van der Waals surface area contributed by atoms with Crippen molar-refractivity contribution in [2.45, 2.75) is 38.1 Å². The minimum atomic E-state index is -0.336. The lowest BCUT2D eigenvalue weighted by Crippen LogP contribution is -2.46. The molecule has 4 heteroatoms. The van der Waals surface area contributed by atoms with E-state index in [1.807, 2.05) is 24.5 Å². The molecule has 2 fully saturated rings. The summed E-state index contributed by atoms with van der Waals surface area (Å²) >= 11 is 0. The Morgan fingerprint density at radius 3 is 2.60 bits per heavy atom. The Kier molecular flexibility index (Phi) is 4.53. The second-order valence-corrected chi connectivity index (χ2v) is 7.25. The molecule has 1 aromatic heterocycles. The summed E-state index contributed by atoms with van der Waals surface area (Å²) < 4.78 is 5.54. The van der Waals surface area contributed by atoms with Gasteiger partial charge >= 0.3 is 0 Å². The van der Waals surface area contributed by atoms with E-state index in [0.29, 0.717) is 19.3 Å². The number of nitrogens with zero attached hydrogens (tertiary/aromatic N) is 1. The molecule has 0 radical (unpaired) electrons. The maximum Gasteiger partial charge on any atom is 0.226 e. The van der Waals surface area contributed by atoms with Crippen LogP contribution in [0.15, 0.2) is 48.8 Å². The van der Waals surface area contributed by atoms with Gasteiger partial charge in [0.25, 0.3) is 0 Å². The van der Waals surface area contributed by atoms with Crippen molar-refractivity contribution in [1.29, 1.82) is 0 Å². The Balaban J connectivity index is 1.58. The van der Waals surface area contributed by atoms with Gasteiger partial charge in [0.15, 0.2) is 0 Å². The summed E-state index contributed by atoms with van der Waals surface area (Å²) in [4.78, 5) is 17.0. The summed E-state index contributed by atoms with van der Waals surface area (Å²) in [6.45, 7) is 1.34. The normalized spacial score (nSPS) is 19.4. The molecule has 1 amide bonds. The van der Waals surface area contributed by atoms with Crippen LogP contribution in [0.5, 0.6) is 0 Å². The number of carbonyl (C=O) groups excluding carboxylic acids is 1. The SMILES string of the molecule is O=C(NC1CC1)C1(Cc2cccc(-c3ccncc3)c2)CCOCC1. The van der Waals surface area contributed by atoms with Crippen molar-refractivity contribution in [1.82, 2.24) is 10.3 Å². The predicted molar refractivity (Wildman–Crippen MR) is 97.0 cm³/mol. The lowest BCUT2D eigenvalue weighted by Gasteiger charge is -2.36. The quantitative estimate of drug-likeness (QED) is 0.911. The lowest BCUT2D eigenvalue weighted by atomic mass is 9.74. The van der Waals surface area contributed by atoms with Crippen molar-refractivity contribution in [3.8, 4) is 11.1 Å². The van der Waals surface area contributed by atoms with E-state index in [2.05, 4.69) is 34.6 Å². The van der Waals surface area contributed by atoms with Crippen molar-refractivity contribution in [2.24, 2.45) is 5.41 Å². The maximum absolute atomic E-state index is 13.0. The number of amides is 1. The summed E-state index contributed by atoms with van der Waals surface area (Å²) in [5.41, 5.74) is 3.20. The highest BCUT2D eigenvalue weighted by molar-refractivity contribution is 5.83. The van der Waals surface area contributed by atoms with Crippen molar-refractivity contribution in [2.75, 3.05) is 13.2 Å². The molecule has 0 unspecified atom stereocenters. The predicted octanol–water partition coefficient (Wildman–Crippen LogP) is 3.37.